The average Bonchev–Trinajstić information content (AvgIpc) is 2.72. The number of nitrogens with zero attached hydrogens (tertiary/aromatic N) is 1. The van der Waals surface area contributed by atoms with Gasteiger partial charge in [0.1, 0.15) is 0 Å². The molecule has 0 N–H and O–H groups in total. The van der Waals surface area contributed by atoms with E-state index < -0.39 is 0 Å². The van der Waals surface area contributed by atoms with Gasteiger partial charge in [-0.2, -0.15) is 0 Å². The lowest BCUT2D eigenvalue weighted by Gasteiger charge is -2.27. The van der Waals surface area contributed by atoms with E-state index in [2.05, 4.69) is 0 Å². The summed E-state index contributed by atoms with van der Waals surface area (Å²) in [6.45, 7) is 3.86. The molecule has 2 aromatic rings. The summed E-state index contributed by atoms with van der Waals surface area (Å²) in [5.74, 6) is 0.0136. The average molecular weight is 332 g/mol. The summed E-state index contributed by atoms with van der Waals surface area (Å²) in [6.07, 6.45) is 0. The first kappa shape index (κ1) is 15.1. The number of carbonyl (C=O) groups excluding carboxylic acids is 1. The molecule has 0 spiro atoms. The largest absolute Gasteiger partial charge is 0.297 e. The maximum absolute atomic E-state index is 12.7. The van der Waals surface area contributed by atoms with E-state index in [1.54, 1.807) is 11.0 Å². The lowest BCUT2D eigenvalue weighted by Crippen LogP contribution is -2.29. The van der Waals surface area contributed by atoms with Crippen molar-refractivity contribution in [2.75, 3.05) is 4.90 Å². The Kier molecular flexibility index (Phi) is 3.98. The number of hydrogen-bond acceptors (Lipinski definition) is 1. The van der Waals surface area contributed by atoms with Crippen LogP contribution in [0.3, 0.4) is 0 Å². The molecule has 4 heteroatoms. The van der Waals surface area contributed by atoms with E-state index >= 15 is 0 Å². The third kappa shape index (κ3) is 2.53. The number of halogens is 2. The molecular formula is C18H15Cl2NO. The second-order valence-corrected chi connectivity index (χ2v) is 6.29. The minimum absolute atomic E-state index is 0.0136. The summed E-state index contributed by atoms with van der Waals surface area (Å²) in [5.41, 5.74) is 3.66. The van der Waals surface area contributed by atoms with Crippen LogP contribution < -0.4 is 4.90 Å². The van der Waals surface area contributed by atoms with Crippen molar-refractivity contribution in [3.05, 3.63) is 75.3 Å². The molecule has 0 fully saturated rings. The molecule has 22 heavy (non-hydrogen) atoms. The highest BCUT2D eigenvalue weighted by Crippen LogP contribution is 2.41. The molecule has 2 nitrogen and oxygen atoms in total. The summed E-state index contributed by atoms with van der Waals surface area (Å²) >= 11 is 12.1. The van der Waals surface area contributed by atoms with E-state index in [4.69, 9.17) is 23.2 Å². The molecule has 2 aromatic carbocycles. The van der Waals surface area contributed by atoms with Crippen LogP contribution in [0.2, 0.25) is 10.0 Å². The predicted molar refractivity (Wildman–Crippen MR) is 91.5 cm³/mol. The summed E-state index contributed by atoms with van der Waals surface area (Å²) in [4.78, 5) is 14.5. The van der Waals surface area contributed by atoms with Gasteiger partial charge in [0.2, 0.25) is 0 Å². The van der Waals surface area contributed by atoms with Gasteiger partial charge in [-0.25, -0.2) is 0 Å². The number of anilines is 1. The predicted octanol–water partition coefficient (Wildman–Crippen LogP) is 5.42. The Morgan fingerprint density at radius 3 is 2.27 bits per heavy atom. The SMILES string of the molecule is CC1=C(C)C(c2ccc(Cl)cc2)N(c2cccc(Cl)c2)C1=O. The highest BCUT2D eigenvalue weighted by molar-refractivity contribution is 6.31. The van der Waals surface area contributed by atoms with Crippen LogP contribution >= 0.6 is 23.2 Å². The minimum Gasteiger partial charge on any atom is -0.297 e. The van der Waals surface area contributed by atoms with Crippen LogP contribution in [0.4, 0.5) is 5.69 Å². The van der Waals surface area contributed by atoms with Crippen molar-refractivity contribution in [1.82, 2.24) is 0 Å². The summed E-state index contributed by atoms with van der Waals surface area (Å²) < 4.78 is 0. The van der Waals surface area contributed by atoms with Crippen LogP contribution in [0.1, 0.15) is 25.5 Å². The highest BCUT2D eigenvalue weighted by atomic mass is 35.5. The van der Waals surface area contributed by atoms with Crippen LogP contribution in [0.15, 0.2) is 59.7 Å². The molecule has 1 unspecified atom stereocenters. The summed E-state index contributed by atoms with van der Waals surface area (Å²) in [6, 6.07) is 14.9. The zero-order valence-electron chi connectivity index (χ0n) is 12.3. The first-order chi connectivity index (χ1) is 10.5. The van der Waals surface area contributed by atoms with Crippen LogP contribution in [-0.4, -0.2) is 5.91 Å². The first-order valence-electron chi connectivity index (χ1n) is 7.01. The van der Waals surface area contributed by atoms with Crippen LogP contribution in [0.25, 0.3) is 0 Å². The van der Waals surface area contributed by atoms with Gasteiger partial charge in [0.15, 0.2) is 0 Å². The maximum atomic E-state index is 12.7. The third-order valence-corrected chi connectivity index (χ3v) is 4.56. The normalized spacial score (nSPS) is 18.3. The Morgan fingerprint density at radius 1 is 0.955 bits per heavy atom. The molecule has 0 saturated carbocycles. The zero-order valence-corrected chi connectivity index (χ0v) is 13.8. The first-order valence-corrected chi connectivity index (χ1v) is 7.76. The minimum atomic E-state index is -0.122. The summed E-state index contributed by atoms with van der Waals surface area (Å²) in [5, 5.41) is 1.29. The highest BCUT2D eigenvalue weighted by Gasteiger charge is 2.36. The van der Waals surface area contributed by atoms with Crippen LogP contribution in [0, 0.1) is 0 Å². The topological polar surface area (TPSA) is 20.3 Å². The van der Waals surface area contributed by atoms with Gasteiger partial charge in [0, 0.05) is 21.3 Å². The van der Waals surface area contributed by atoms with Crippen molar-refractivity contribution in [2.45, 2.75) is 19.9 Å². The van der Waals surface area contributed by atoms with Crippen molar-refractivity contribution in [3.8, 4) is 0 Å². The van der Waals surface area contributed by atoms with E-state index in [0.717, 1.165) is 22.4 Å². The molecule has 0 aromatic heterocycles. The molecule has 1 atom stereocenters. The van der Waals surface area contributed by atoms with Crippen molar-refractivity contribution in [1.29, 1.82) is 0 Å². The molecule has 1 aliphatic rings. The monoisotopic (exact) mass is 331 g/mol. The van der Waals surface area contributed by atoms with Crippen molar-refractivity contribution >= 4 is 34.8 Å². The molecule has 1 heterocycles. The van der Waals surface area contributed by atoms with E-state index in [0.29, 0.717) is 10.0 Å². The van der Waals surface area contributed by atoms with Crippen LogP contribution in [-0.2, 0) is 4.79 Å². The zero-order chi connectivity index (χ0) is 15.9. The van der Waals surface area contributed by atoms with Gasteiger partial charge in [-0.3, -0.25) is 9.69 Å². The molecular weight excluding hydrogens is 317 g/mol. The van der Waals surface area contributed by atoms with Crippen molar-refractivity contribution in [3.63, 3.8) is 0 Å². The van der Waals surface area contributed by atoms with E-state index in [9.17, 15) is 4.79 Å². The number of rotatable bonds is 2. The van der Waals surface area contributed by atoms with Gasteiger partial charge >= 0.3 is 0 Å². The van der Waals surface area contributed by atoms with Crippen LogP contribution in [0.5, 0.6) is 0 Å². The third-order valence-electron chi connectivity index (χ3n) is 4.07. The number of benzene rings is 2. The number of hydrogen-bond donors (Lipinski definition) is 0. The van der Waals surface area contributed by atoms with Gasteiger partial charge in [-0.1, -0.05) is 41.4 Å². The standard InChI is InChI=1S/C18H15Cl2NO/c1-11-12(2)18(22)21(16-5-3-4-15(20)10-16)17(11)13-6-8-14(19)9-7-13/h3-10,17H,1-2H3. The number of carbonyl (C=O) groups is 1. The quantitative estimate of drug-likeness (QED) is 0.719. The smallest absolute Gasteiger partial charge is 0.254 e. The van der Waals surface area contributed by atoms with Crippen molar-refractivity contribution in [2.24, 2.45) is 0 Å². The van der Waals surface area contributed by atoms with E-state index in [1.807, 2.05) is 56.3 Å². The van der Waals surface area contributed by atoms with E-state index in [1.165, 1.54) is 0 Å². The molecule has 0 aliphatic carbocycles. The molecule has 0 bridgehead atoms. The van der Waals surface area contributed by atoms with Gasteiger partial charge in [0.05, 0.1) is 6.04 Å². The molecule has 0 saturated heterocycles. The van der Waals surface area contributed by atoms with Gasteiger partial charge in [-0.05, 0) is 55.3 Å². The Labute approximate surface area is 140 Å². The lowest BCUT2D eigenvalue weighted by molar-refractivity contribution is -0.114. The Hall–Kier alpha value is -1.77. The Bertz CT molecular complexity index is 765. The fraction of sp³-hybridized carbons (Fsp3) is 0.167. The van der Waals surface area contributed by atoms with E-state index in [-0.39, 0.29) is 11.9 Å². The lowest BCUT2D eigenvalue weighted by atomic mass is 9.99. The molecule has 0 radical (unpaired) electrons. The van der Waals surface area contributed by atoms with Gasteiger partial charge < -0.3 is 0 Å². The fourth-order valence-corrected chi connectivity index (χ4v) is 3.11. The second kappa shape index (κ2) is 5.79. The molecule has 1 amide bonds. The molecule has 1 aliphatic heterocycles. The van der Waals surface area contributed by atoms with Gasteiger partial charge in [-0.15, -0.1) is 0 Å². The summed E-state index contributed by atoms with van der Waals surface area (Å²) in [7, 11) is 0. The second-order valence-electron chi connectivity index (χ2n) is 5.42. The maximum Gasteiger partial charge on any atom is 0.254 e. The number of amides is 1. The fourth-order valence-electron chi connectivity index (χ4n) is 2.80. The molecule has 3 rings (SSSR count). The Morgan fingerprint density at radius 2 is 1.64 bits per heavy atom. The van der Waals surface area contributed by atoms with Gasteiger partial charge in [0.25, 0.3) is 5.91 Å². The molecule has 112 valence electrons. The van der Waals surface area contributed by atoms with Crippen molar-refractivity contribution < 1.29 is 4.79 Å². The Balaban J connectivity index is 2.11.